The first kappa shape index (κ1) is 13.5. The van der Waals surface area contributed by atoms with Crippen molar-refractivity contribution >= 4 is 22.2 Å². The van der Waals surface area contributed by atoms with Crippen LogP contribution in [0.5, 0.6) is 0 Å². The minimum atomic E-state index is -3.06. The number of sulfone groups is 1. The summed E-state index contributed by atoms with van der Waals surface area (Å²) in [6.45, 7) is 1.05. The fourth-order valence-electron chi connectivity index (χ4n) is 1.92. The SMILES string of the molecule is CS(=O)(=O)c1ccc(C2CCCN2)cc1.Cl. The summed E-state index contributed by atoms with van der Waals surface area (Å²) in [5.41, 5.74) is 1.18. The summed E-state index contributed by atoms with van der Waals surface area (Å²) in [7, 11) is -3.06. The summed E-state index contributed by atoms with van der Waals surface area (Å²) >= 11 is 0. The number of halogens is 1. The van der Waals surface area contributed by atoms with Crippen LogP contribution in [0.15, 0.2) is 29.2 Å². The van der Waals surface area contributed by atoms with Crippen molar-refractivity contribution in [2.45, 2.75) is 23.8 Å². The fourth-order valence-corrected chi connectivity index (χ4v) is 2.55. The largest absolute Gasteiger partial charge is 0.310 e. The van der Waals surface area contributed by atoms with Crippen molar-refractivity contribution in [1.82, 2.24) is 5.32 Å². The molecule has 0 saturated carbocycles. The minimum absolute atomic E-state index is 0. The van der Waals surface area contributed by atoms with Gasteiger partial charge < -0.3 is 5.32 Å². The van der Waals surface area contributed by atoms with Crippen LogP contribution in [0.1, 0.15) is 24.4 Å². The molecule has 1 aliphatic heterocycles. The normalized spacial score (nSPS) is 20.4. The Balaban J connectivity index is 0.00000128. The quantitative estimate of drug-likeness (QED) is 0.885. The molecule has 0 radical (unpaired) electrons. The van der Waals surface area contributed by atoms with Gasteiger partial charge in [0.25, 0.3) is 0 Å². The van der Waals surface area contributed by atoms with Gasteiger partial charge in [-0.1, -0.05) is 12.1 Å². The molecule has 1 aliphatic rings. The molecule has 1 fully saturated rings. The maximum Gasteiger partial charge on any atom is 0.175 e. The first-order chi connectivity index (χ1) is 7.07. The summed E-state index contributed by atoms with van der Waals surface area (Å²) in [5, 5.41) is 3.38. The Bertz CT molecular complexity index is 436. The molecule has 16 heavy (non-hydrogen) atoms. The van der Waals surface area contributed by atoms with E-state index in [0.29, 0.717) is 10.9 Å². The van der Waals surface area contributed by atoms with Gasteiger partial charge in [-0.3, -0.25) is 0 Å². The highest BCUT2D eigenvalue weighted by Crippen LogP contribution is 2.23. The molecule has 0 aromatic heterocycles. The molecule has 90 valence electrons. The molecule has 1 heterocycles. The van der Waals surface area contributed by atoms with Crippen LogP contribution >= 0.6 is 12.4 Å². The first-order valence-electron chi connectivity index (χ1n) is 5.11. The summed E-state index contributed by atoms with van der Waals surface area (Å²) in [6.07, 6.45) is 3.56. The van der Waals surface area contributed by atoms with Gasteiger partial charge in [0, 0.05) is 12.3 Å². The Labute approximate surface area is 103 Å². The van der Waals surface area contributed by atoms with Gasteiger partial charge in [0.15, 0.2) is 9.84 Å². The molecule has 1 unspecified atom stereocenters. The Morgan fingerprint density at radius 1 is 1.25 bits per heavy atom. The summed E-state index contributed by atoms with van der Waals surface area (Å²) in [4.78, 5) is 0.393. The van der Waals surface area contributed by atoms with E-state index in [9.17, 15) is 8.42 Å². The molecular formula is C11H16ClNO2S. The zero-order valence-electron chi connectivity index (χ0n) is 9.14. The molecule has 1 aromatic rings. The van der Waals surface area contributed by atoms with Gasteiger partial charge in [-0.15, -0.1) is 12.4 Å². The van der Waals surface area contributed by atoms with E-state index in [1.165, 1.54) is 18.2 Å². The van der Waals surface area contributed by atoms with E-state index in [0.717, 1.165) is 13.0 Å². The molecule has 3 nitrogen and oxygen atoms in total. The maximum atomic E-state index is 11.2. The summed E-state index contributed by atoms with van der Waals surface area (Å²) in [5.74, 6) is 0. The van der Waals surface area contributed by atoms with Crippen molar-refractivity contribution in [3.05, 3.63) is 29.8 Å². The molecule has 0 aliphatic carbocycles. The monoisotopic (exact) mass is 261 g/mol. The van der Waals surface area contributed by atoms with Crippen LogP contribution in [-0.4, -0.2) is 21.2 Å². The second kappa shape index (κ2) is 5.17. The van der Waals surface area contributed by atoms with Crippen molar-refractivity contribution in [2.24, 2.45) is 0 Å². The van der Waals surface area contributed by atoms with Gasteiger partial charge in [-0.25, -0.2) is 8.42 Å². The third-order valence-electron chi connectivity index (χ3n) is 2.77. The second-order valence-electron chi connectivity index (χ2n) is 3.99. The lowest BCUT2D eigenvalue weighted by Crippen LogP contribution is -2.12. The molecule has 1 saturated heterocycles. The van der Waals surface area contributed by atoms with Crippen molar-refractivity contribution in [2.75, 3.05) is 12.8 Å². The van der Waals surface area contributed by atoms with Crippen LogP contribution in [0, 0.1) is 0 Å². The number of nitrogens with one attached hydrogen (secondary N) is 1. The van der Waals surface area contributed by atoms with E-state index in [1.54, 1.807) is 12.1 Å². The van der Waals surface area contributed by atoms with Crippen LogP contribution in [-0.2, 0) is 9.84 Å². The van der Waals surface area contributed by atoms with E-state index in [1.807, 2.05) is 12.1 Å². The number of rotatable bonds is 2. The highest BCUT2D eigenvalue weighted by molar-refractivity contribution is 7.90. The molecular weight excluding hydrogens is 246 g/mol. The molecule has 1 N–H and O–H groups in total. The average Bonchev–Trinajstić information content (AvgIpc) is 2.69. The summed E-state index contributed by atoms with van der Waals surface area (Å²) in [6, 6.07) is 7.58. The Kier molecular flexibility index (Phi) is 4.35. The Hall–Kier alpha value is -0.580. The predicted octanol–water partition coefficient (Wildman–Crippen LogP) is 1.94. The van der Waals surface area contributed by atoms with E-state index in [4.69, 9.17) is 0 Å². The van der Waals surface area contributed by atoms with Crippen molar-refractivity contribution in [1.29, 1.82) is 0 Å². The third kappa shape index (κ3) is 2.97. The van der Waals surface area contributed by atoms with Crippen molar-refractivity contribution < 1.29 is 8.42 Å². The van der Waals surface area contributed by atoms with E-state index in [-0.39, 0.29) is 12.4 Å². The molecule has 2 rings (SSSR count). The first-order valence-corrected chi connectivity index (χ1v) is 7.00. The average molecular weight is 262 g/mol. The fraction of sp³-hybridized carbons (Fsp3) is 0.455. The molecule has 0 spiro atoms. The Morgan fingerprint density at radius 3 is 2.31 bits per heavy atom. The zero-order chi connectivity index (χ0) is 10.9. The van der Waals surface area contributed by atoms with E-state index >= 15 is 0 Å². The lowest BCUT2D eigenvalue weighted by Gasteiger charge is -2.10. The smallest absolute Gasteiger partial charge is 0.175 e. The van der Waals surface area contributed by atoms with Crippen molar-refractivity contribution in [3.8, 4) is 0 Å². The van der Waals surface area contributed by atoms with Crippen LogP contribution in [0.3, 0.4) is 0 Å². The van der Waals surface area contributed by atoms with Crippen LogP contribution < -0.4 is 5.32 Å². The van der Waals surface area contributed by atoms with Gasteiger partial charge in [0.2, 0.25) is 0 Å². The summed E-state index contributed by atoms with van der Waals surface area (Å²) < 4.78 is 22.5. The standard InChI is InChI=1S/C11H15NO2S.ClH/c1-15(13,14)10-6-4-9(5-7-10)11-3-2-8-12-11;/h4-7,11-12H,2-3,8H2,1H3;1H. The van der Waals surface area contributed by atoms with Crippen LogP contribution in [0.4, 0.5) is 0 Å². The maximum absolute atomic E-state index is 11.2. The number of hydrogen-bond donors (Lipinski definition) is 1. The Morgan fingerprint density at radius 2 is 1.88 bits per heavy atom. The van der Waals surface area contributed by atoms with E-state index < -0.39 is 9.84 Å². The highest BCUT2D eigenvalue weighted by Gasteiger charge is 2.16. The van der Waals surface area contributed by atoms with Gasteiger partial charge in [0.1, 0.15) is 0 Å². The third-order valence-corrected chi connectivity index (χ3v) is 3.90. The van der Waals surface area contributed by atoms with Gasteiger partial charge in [-0.2, -0.15) is 0 Å². The molecule has 5 heteroatoms. The minimum Gasteiger partial charge on any atom is -0.310 e. The molecule has 1 aromatic carbocycles. The van der Waals surface area contributed by atoms with Crippen LogP contribution in [0.25, 0.3) is 0 Å². The van der Waals surface area contributed by atoms with Gasteiger partial charge in [0.05, 0.1) is 4.90 Å². The topological polar surface area (TPSA) is 46.2 Å². The molecule has 1 atom stereocenters. The predicted molar refractivity (Wildman–Crippen MR) is 66.8 cm³/mol. The lowest BCUT2D eigenvalue weighted by molar-refractivity contribution is 0.601. The van der Waals surface area contributed by atoms with E-state index in [2.05, 4.69) is 5.32 Å². The molecule has 0 amide bonds. The van der Waals surface area contributed by atoms with Gasteiger partial charge >= 0.3 is 0 Å². The molecule has 0 bridgehead atoms. The zero-order valence-corrected chi connectivity index (χ0v) is 10.8. The van der Waals surface area contributed by atoms with Gasteiger partial charge in [-0.05, 0) is 37.1 Å². The number of hydrogen-bond acceptors (Lipinski definition) is 3. The number of benzene rings is 1. The van der Waals surface area contributed by atoms with Crippen LogP contribution in [0.2, 0.25) is 0 Å². The van der Waals surface area contributed by atoms with Crippen molar-refractivity contribution in [3.63, 3.8) is 0 Å². The highest BCUT2D eigenvalue weighted by atomic mass is 35.5. The lowest BCUT2D eigenvalue weighted by atomic mass is 10.1. The second-order valence-corrected chi connectivity index (χ2v) is 6.01.